The Kier molecular flexibility index (Phi) is 11.4. The molecule has 0 saturated carbocycles. The Bertz CT molecular complexity index is 5470. The van der Waals surface area contributed by atoms with Crippen LogP contribution in [0, 0.1) is 41.5 Å². The van der Waals surface area contributed by atoms with Crippen LogP contribution in [0.5, 0.6) is 0 Å². The number of nitrogens with zero attached hydrogens (tertiary/aromatic N) is 8. The summed E-state index contributed by atoms with van der Waals surface area (Å²) < 4.78 is 10.0. The van der Waals surface area contributed by atoms with Gasteiger partial charge in [0.05, 0.1) is 44.1 Å². The Labute approximate surface area is 508 Å². The summed E-state index contributed by atoms with van der Waals surface area (Å²) >= 11 is 0. The lowest BCUT2D eigenvalue weighted by molar-refractivity contribution is 0.960. The molecule has 0 amide bonds. The Hall–Kier alpha value is -11.2. The van der Waals surface area contributed by atoms with Gasteiger partial charge in [0.15, 0.2) is 29.1 Å². The summed E-state index contributed by atoms with van der Waals surface area (Å²) in [4.78, 5) is 22.5. The summed E-state index contributed by atoms with van der Waals surface area (Å²) in [6.45, 7) is 13.5. The van der Waals surface area contributed by atoms with Crippen molar-refractivity contribution in [1.29, 1.82) is 0 Å². The van der Waals surface area contributed by atoms with Gasteiger partial charge in [-0.05, 0) is 135 Å². The van der Waals surface area contributed by atoms with Crippen LogP contribution in [0.3, 0.4) is 0 Å². The van der Waals surface area contributed by atoms with Crippen molar-refractivity contribution in [1.82, 2.24) is 38.2 Å². The highest BCUT2D eigenvalue weighted by Gasteiger charge is 2.34. The highest BCUT2D eigenvalue weighted by Crippen LogP contribution is 2.50. The van der Waals surface area contributed by atoms with E-state index in [0.717, 1.165) is 106 Å². The molecular weight excluding hydrogens is 1070 g/mol. The standard InChI is InChI=1S/C80H58N8/c1-47-24-17-40-61-67(47)68-48(2)25-18-41-62(68)86(61)75-73(55-34-23-35-56(46-55)78-82-76(53-30-9-7-10-31-53)81-77(83-78)54-32-11-8-12-33-54)74(85-59-38-15-13-36-57(59)58-37-14-16-39-60(58)85)79(87-63-42-19-26-49(3)69(63)70-50(4)27-20-43-64(70)87)84-80(75)88-65-44-21-28-51(5)71(65)72-52(6)29-22-45-66(72)88/h7-46H,1-6H3. The monoisotopic (exact) mass is 1130 g/mol. The van der Waals surface area contributed by atoms with Gasteiger partial charge in [0.1, 0.15) is 11.4 Å². The summed E-state index contributed by atoms with van der Waals surface area (Å²) in [7, 11) is 0. The minimum absolute atomic E-state index is 0.564. The summed E-state index contributed by atoms with van der Waals surface area (Å²) in [5.74, 6) is 3.32. The molecule has 0 unspecified atom stereocenters. The smallest absolute Gasteiger partial charge is 0.165 e. The highest BCUT2D eigenvalue weighted by atomic mass is 15.2. The SMILES string of the molecule is Cc1cccc2c1c1c(C)cccc1n2-c1nc(-n2c3cccc(C)c3c3c(C)cccc32)c(-n2c3cccc(C)c3c3c(C)cccc32)c(-c2cccc(-c3nc(-c4ccccc4)nc(-c4ccccc4)n3)c2)c1-n1c2ccccc2c2ccccc21. The lowest BCUT2D eigenvalue weighted by Crippen LogP contribution is -2.16. The van der Waals surface area contributed by atoms with Crippen LogP contribution in [0.4, 0.5) is 0 Å². The third-order valence-corrected chi connectivity index (χ3v) is 18.4. The minimum Gasteiger partial charge on any atom is -0.305 e. The van der Waals surface area contributed by atoms with E-state index in [1.165, 1.54) is 65.7 Å². The van der Waals surface area contributed by atoms with Crippen LogP contribution in [0.25, 0.3) is 156 Å². The van der Waals surface area contributed by atoms with Gasteiger partial charge < -0.3 is 9.13 Å². The molecule has 0 saturated heterocycles. The average molecular weight is 1130 g/mol. The maximum Gasteiger partial charge on any atom is 0.165 e. The Morgan fingerprint density at radius 2 is 0.500 bits per heavy atom. The summed E-state index contributed by atoms with van der Waals surface area (Å²) in [5, 5.41) is 9.52. The molecule has 17 aromatic rings. The highest BCUT2D eigenvalue weighted by molar-refractivity contribution is 6.18. The van der Waals surface area contributed by atoms with E-state index >= 15 is 0 Å². The van der Waals surface area contributed by atoms with Crippen LogP contribution < -0.4 is 0 Å². The van der Waals surface area contributed by atoms with Crippen molar-refractivity contribution in [3.8, 4) is 68.3 Å². The molecule has 0 aliphatic heterocycles. The lowest BCUT2D eigenvalue weighted by atomic mass is 9.98. The average Bonchev–Trinajstić information content (AvgIpc) is 1.74. The summed E-state index contributed by atoms with van der Waals surface area (Å²) in [6, 6.07) is 87.6. The maximum atomic E-state index is 6.57. The van der Waals surface area contributed by atoms with E-state index in [9.17, 15) is 0 Å². The van der Waals surface area contributed by atoms with Crippen molar-refractivity contribution >= 4 is 87.2 Å². The predicted octanol–water partition coefficient (Wildman–Crippen LogP) is 20.2. The van der Waals surface area contributed by atoms with Gasteiger partial charge in [-0.3, -0.25) is 9.13 Å². The third kappa shape index (κ3) is 7.51. The predicted molar refractivity (Wildman–Crippen MR) is 365 cm³/mol. The first-order valence-corrected chi connectivity index (χ1v) is 30.2. The number of benzene rings is 11. The molecule has 0 bridgehead atoms. The molecule has 6 heterocycles. The van der Waals surface area contributed by atoms with Crippen molar-refractivity contribution in [2.24, 2.45) is 0 Å². The van der Waals surface area contributed by atoms with Gasteiger partial charge in [0.2, 0.25) is 0 Å². The van der Waals surface area contributed by atoms with Crippen molar-refractivity contribution in [3.63, 3.8) is 0 Å². The first-order chi connectivity index (χ1) is 43.2. The van der Waals surface area contributed by atoms with E-state index < -0.39 is 0 Å². The Morgan fingerprint density at radius 1 is 0.227 bits per heavy atom. The van der Waals surface area contributed by atoms with Gasteiger partial charge in [0.25, 0.3) is 0 Å². The number of para-hydroxylation sites is 2. The van der Waals surface area contributed by atoms with E-state index in [0.29, 0.717) is 17.5 Å². The van der Waals surface area contributed by atoms with Crippen molar-refractivity contribution in [2.75, 3.05) is 0 Å². The largest absolute Gasteiger partial charge is 0.305 e. The van der Waals surface area contributed by atoms with Gasteiger partial charge >= 0.3 is 0 Å². The first-order valence-electron chi connectivity index (χ1n) is 30.2. The fourth-order valence-electron chi connectivity index (χ4n) is 14.5. The normalized spacial score (nSPS) is 12.0. The molecule has 11 aromatic carbocycles. The number of hydrogen-bond donors (Lipinski definition) is 0. The molecule has 0 radical (unpaired) electrons. The molecule has 0 fully saturated rings. The van der Waals surface area contributed by atoms with E-state index in [4.69, 9.17) is 19.9 Å². The van der Waals surface area contributed by atoms with Crippen molar-refractivity contribution in [3.05, 3.63) is 276 Å². The van der Waals surface area contributed by atoms with E-state index in [-0.39, 0.29) is 0 Å². The molecule has 88 heavy (non-hydrogen) atoms. The van der Waals surface area contributed by atoms with Crippen molar-refractivity contribution < 1.29 is 0 Å². The number of pyridine rings is 1. The Balaban J connectivity index is 1.16. The number of hydrogen-bond acceptors (Lipinski definition) is 4. The molecule has 0 spiro atoms. The van der Waals surface area contributed by atoms with Gasteiger partial charge in [0, 0.05) is 65.3 Å². The van der Waals surface area contributed by atoms with E-state index in [2.05, 4.69) is 266 Å². The number of aromatic nitrogens is 8. The number of rotatable bonds is 8. The summed E-state index contributed by atoms with van der Waals surface area (Å²) in [5.41, 5.74) is 22.2. The second-order valence-corrected chi connectivity index (χ2v) is 23.6. The van der Waals surface area contributed by atoms with Gasteiger partial charge in [-0.15, -0.1) is 0 Å². The minimum atomic E-state index is 0.564. The second-order valence-electron chi connectivity index (χ2n) is 23.6. The van der Waals surface area contributed by atoms with Crippen LogP contribution in [0.15, 0.2) is 243 Å². The zero-order valence-corrected chi connectivity index (χ0v) is 49.7. The molecule has 8 heteroatoms. The topological polar surface area (TPSA) is 71.3 Å². The van der Waals surface area contributed by atoms with E-state index in [1.54, 1.807) is 0 Å². The van der Waals surface area contributed by atoms with Gasteiger partial charge in [-0.25, -0.2) is 19.9 Å². The molecule has 0 aliphatic carbocycles. The fourth-order valence-corrected chi connectivity index (χ4v) is 14.5. The maximum absolute atomic E-state index is 6.57. The third-order valence-electron chi connectivity index (χ3n) is 18.4. The van der Waals surface area contributed by atoms with Crippen LogP contribution >= 0.6 is 0 Å². The van der Waals surface area contributed by atoms with Crippen LogP contribution in [0.1, 0.15) is 33.4 Å². The van der Waals surface area contributed by atoms with Crippen LogP contribution in [0.2, 0.25) is 0 Å². The fraction of sp³-hybridized carbons (Fsp3) is 0.0750. The van der Waals surface area contributed by atoms with Crippen molar-refractivity contribution in [2.45, 2.75) is 41.5 Å². The molecular formula is C80H58N8. The first kappa shape index (κ1) is 51.2. The molecule has 0 aliphatic rings. The second kappa shape index (κ2) is 19.7. The Morgan fingerprint density at radius 3 is 0.875 bits per heavy atom. The lowest BCUT2D eigenvalue weighted by Gasteiger charge is -2.27. The van der Waals surface area contributed by atoms with Gasteiger partial charge in [-0.2, -0.15) is 0 Å². The van der Waals surface area contributed by atoms with Crippen LogP contribution in [-0.2, 0) is 0 Å². The van der Waals surface area contributed by atoms with E-state index in [1.807, 2.05) is 36.4 Å². The number of aryl methyl sites for hydroxylation is 6. The molecule has 8 nitrogen and oxygen atoms in total. The molecule has 0 atom stereocenters. The molecule has 0 N–H and O–H groups in total. The zero-order valence-electron chi connectivity index (χ0n) is 49.7. The number of fused-ring (bicyclic) bond motifs is 12. The quantitative estimate of drug-likeness (QED) is 0.152. The summed E-state index contributed by atoms with van der Waals surface area (Å²) in [6.07, 6.45) is 0. The molecule has 17 rings (SSSR count). The molecule has 418 valence electrons. The molecule has 6 aromatic heterocycles. The zero-order chi connectivity index (χ0) is 59.1. The van der Waals surface area contributed by atoms with Gasteiger partial charge in [-0.1, -0.05) is 188 Å². The van der Waals surface area contributed by atoms with Crippen LogP contribution in [-0.4, -0.2) is 38.2 Å².